The highest BCUT2D eigenvalue weighted by Gasteiger charge is 2.17. The van der Waals surface area contributed by atoms with Crippen molar-refractivity contribution < 1.29 is 5.11 Å². The molecule has 1 aromatic rings. The molecule has 0 fully saturated rings. The van der Waals surface area contributed by atoms with Crippen LogP contribution in [0, 0.1) is 5.92 Å². The second-order valence-electron chi connectivity index (χ2n) is 4.06. The Morgan fingerprint density at radius 3 is 2.79 bits per heavy atom. The zero-order chi connectivity index (χ0) is 13.8. The van der Waals surface area contributed by atoms with E-state index in [-0.39, 0.29) is 17.0 Å². The summed E-state index contributed by atoms with van der Waals surface area (Å²) in [5, 5.41) is 13.0. The number of amidine groups is 2. The molecule has 0 saturated carbocycles. The number of anilines is 1. The van der Waals surface area contributed by atoms with Crippen molar-refractivity contribution in [3.05, 3.63) is 35.5 Å². The smallest absolute Gasteiger partial charge is 0.225 e. The third-order valence-electron chi connectivity index (χ3n) is 2.66. The number of aliphatic imine (C=N–C) groups is 2. The summed E-state index contributed by atoms with van der Waals surface area (Å²) in [5.41, 5.74) is 0.730. The lowest BCUT2D eigenvalue weighted by atomic mass is 10.1. The zero-order valence-electron chi connectivity index (χ0n) is 10.3. The molecule has 4 nitrogen and oxygen atoms in total. The van der Waals surface area contributed by atoms with Gasteiger partial charge < -0.3 is 10.4 Å². The number of hydrogen-bond donors (Lipinski definition) is 2. The molecule has 2 rings (SSSR count). The zero-order valence-corrected chi connectivity index (χ0v) is 11.8. The van der Waals surface area contributed by atoms with Gasteiger partial charge in [-0.2, -0.15) is 0 Å². The lowest BCUT2D eigenvalue weighted by Gasteiger charge is -2.15. The molecule has 1 aliphatic rings. The van der Waals surface area contributed by atoms with E-state index in [2.05, 4.69) is 15.3 Å². The van der Waals surface area contributed by atoms with Crippen molar-refractivity contribution in [1.29, 1.82) is 0 Å². The predicted octanol–water partition coefficient (Wildman–Crippen LogP) is 3.92. The van der Waals surface area contributed by atoms with Crippen LogP contribution in [0.1, 0.15) is 13.3 Å². The molecule has 19 heavy (non-hydrogen) atoms. The maximum Gasteiger partial charge on any atom is 0.225 e. The summed E-state index contributed by atoms with van der Waals surface area (Å²) < 4.78 is 0. The molecule has 1 heterocycles. The van der Waals surface area contributed by atoms with Gasteiger partial charge in [-0.25, -0.2) is 9.98 Å². The van der Waals surface area contributed by atoms with E-state index in [0.29, 0.717) is 11.0 Å². The van der Waals surface area contributed by atoms with Crippen molar-refractivity contribution >= 4 is 40.0 Å². The van der Waals surface area contributed by atoms with E-state index in [1.54, 1.807) is 24.3 Å². The van der Waals surface area contributed by atoms with Crippen LogP contribution >= 0.6 is 23.2 Å². The Bertz CT molecular complexity index is 567. The molecule has 0 aromatic heterocycles. The Balaban J connectivity index is 2.29. The minimum atomic E-state index is -0.00477. The minimum Gasteiger partial charge on any atom is -0.508 e. The van der Waals surface area contributed by atoms with Crippen molar-refractivity contribution in [3.63, 3.8) is 0 Å². The van der Waals surface area contributed by atoms with Crippen molar-refractivity contribution in [2.75, 3.05) is 5.32 Å². The first-order chi connectivity index (χ1) is 9.08. The Labute approximate surface area is 121 Å². The summed E-state index contributed by atoms with van der Waals surface area (Å²) in [5.74, 6) is 0.827. The second kappa shape index (κ2) is 6.08. The highest BCUT2D eigenvalue weighted by molar-refractivity contribution is 6.66. The van der Waals surface area contributed by atoms with Crippen LogP contribution in [0.4, 0.5) is 5.69 Å². The van der Waals surface area contributed by atoms with Crippen LogP contribution in [0.25, 0.3) is 0 Å². The van der Waals surface area contributed by atoms with Crippen LogP contribution in [0.15, 0.2) is 45.5 Å². The lowest BCUT2D eigenvalue weighted by molar-refractivity contribution is 0.475. The molecule has 100 valence electrons. The SMILES string of the molecule is CCC1C=C(Cl)N=C(Cl)N=C1Nc1cccc(O)c1. The maximum atomic E-state index is 9.45. The summed E-state index contributed by atoms with van der Waals surface area (Å²) >= 11 is 11.8. The van der Waals surface area contributed by atoms with Gasteiger partial charge in [0, 0.05) is 17.7 Å². The van der Waals surface area contributed by atoms with Crippen LogP contribution in [0.3, 0.4) is 0 Å². The first kappa shape index (κ1) is 13.9. The van der Waals surface area contributed by atoms with Crippen LogP contribution in [-0.2, 0) is 0 Å². The summed E-state index contributed by atoms with van der Waals surface area (Å²) in [7, 11) is 0. The van der Waals surface area contributed by atoms with Crippen LogP contribution < -0.4 is 5.32 Å². The van der Waals surface area contributed by atoms with E-state index in [4.69, 9.17) is 23.2 Å². The number of nitrogens with zero attached hydrogens (tertiary/aromatic N) is 2. The number of phenolic OH excluding ortho intramolecular Hbond substituents is 1. The van der Waals surface area contributed by atoms with Gasteiger partial charge in [-0.3, -0.25) is 0 Å². The van der Waals surface area contributed by atoms with Gasteiger partial charge in [-0.15, -0.1) is 0 Å². The molecule has 0 saturated heterocycles. The molecule has 0 radical (unpaired) electrons. The first-order valence-electron chi connectivity index (χ1n) is 5.84. The van der Waals surface area contributed by atoms with E-state index in [9.17, 15) is 5.11 Å². The maximum absolute atomic E-state index is 9.45. The van der Waals surface area contributed by atoms with Crippen molar-refractivity contribution in [2.45, 2.75) is 13.3 Å². The molecule has 0 aliphatic carbocycles. The normalized spacial score (nSPS) is 19.1. The van der Waals surface area contributed by atoms with Crippen molar-refractivity contribution in [2.24, 2.45) is 15.9 Å². The van der Waals surface area contributed by atoms with Gasteiger partial charge in [0.05, 0.1) is 0 Å². The van der Waals surface area contributed by atoms with Crippen molar-refractivity contribution in [3.8, 4) is 5.75 Å². The van der Waals surface area contributed by atoms with Gasteiger partial charge in [-0.1, -0.05) is 24.6 Å². The molecule has 1 atom stereocenters. The number of hydrogen-bond acceptors (Lipinski definition) is 4. The average molecular weight is 298 g/mol. The standard InChI is InChI=1S/C13H13Cl2N3O/c1-2-8-6-11(14)17-13(15)18-12(8)16-9-4-3-5-10(19)7-9/h3-8,19H,2H2,1H3,(H,16,17,18). The van der Waals surface area contributed by atoms with E-state index >= 15 is 0 Å². The average Bonchev–Trinajstić information content (AvgIpc) is 2.47. The highest BCUT2D eigenvalue weighted by atomic mass is 35.5. The number of rotatable bonds is 2. The van der Waals surface area contributed by atoms with E-state index < -0.39 is 0 Å². The second-order valence-corrected chi connectivity index (χ2v) is 4.78. The van der Waals surface area contributed by atoms with Crippen LogP contribution in [0.2, 0.25) is 0 Å². The molecule has 1 aromatic carbocycles. The van der Waals surface area contributed by atoms with Crippen molar-refractivity contribution in [1.82, 2.24) is 0 Å². The number of aromatic hydroxyl groups is 1. The van der Waals surface area contributed by atoms with Gasteiger partial charge >= 0.3 is 0 Å². The summed E-state index contributed by atoms with van der Waals surface area (Å²) in [6, 6.07) is 6.78. The third-order valence-corrected chi connectivity index (χ3v) is 3.04. The molecule has 0 bridgehead atoms. The largest absolute Gasteiger partial charge is 0.508 e. The predicted molar refractivity (Wildman–Crippen MR) is 80.2 cm³/mol. The molecule has 0 spiro atoms. The Morgan fingerprint density at radius 2 is 2.11 bits per heavy atom. The Morgan fingerprint density at radius 1 is 1.32 bits per heavy atom. The van der Waals surface area contributed by atoms with Crippen LogP contribution in [0.5, 0.6) is 5.75 Å². The summed E-state index contributed by atoms with van der Waals surface area (Å²) in [6.07, 6.45) is 2.60. The van der Waals surface area contributed by atoms with E-state index in [1.807, 2.05) is 13.0 Å². The molecule has 0 amide bonds. The fraction of sp³-hybridized carbons (Fsp3) is 0.231. The Kier molecular flexibility index (Phi) is 4.45. The third kappa shape index (κ3) is 3.72. The highest BCUT2D eigenvalue weighted by Crippen LogP contribution is 2.22. The van der Waals surface area contributed by atoms with E-state index in [0.717, 1.165) is 12.1 Å². The van der Waals surface area contributed by atoms with Gasteiger partial charge in [-0.05, 0) is 36.2 Å². The number of halogens is 2. The first-order valence-corrected chi connectivity index (χ1v) is 6.60. The molecule has 1 aliphatic heterocycles. The Hall–Kier alpha value is -1.52. The number of nitrogens with one attached hydrogen (secondary N) is 1. The topological polar surface area (TPSA) is 57.0 Å². The van der Waals surface area contributed by atoms with Gasteiger partial charge in [0.1, 0.15) is 16.7 Å². The lowest BCUT2D eigenvalue weighted by Crippen LogP contribution is -2.21. The number of phenols is 1. The fourth-order valence-electron chi connectivity index (χ4n) is 1.74. The summed E-state index contributed by atoms with van der Waals surface area (Å²) in [4.78, 5) is 8.12. The molecule has 6 heteroatoms. The van der Waals surface area contributed by atoms with Gasteiger partial charge in [0.2, 0.25) is 5.29 Å². The van der Waals surface area contributed by atoms with E-state index in [1.165, 1.54) is 0 Å². The monoisotopic (exact) mass is 297 g/mol. The van der Waals surface area contributed by atoms with Gasteiger partial charge in [0.25, 0.3) is 0 Å². The molecule has 1 unspecified atom stereocenters. The quantitative estimate of drug-likeness (QED) is 0.813. The fourth-order valence-corrected chi connectivity index (χ4v) is 2.20. The minimum absolute atomic E-state index is 0.00477. The molecule has 2 N–H and O–H groups in total. The van der Waals surface area contributed by atoms with Gasteiger partial charge in [0.15, 0.2) is 0 Å². The number of benzene rings is 1. The molecular formula is C13H13Cl2N3O. The van der Waals surface area contributed by atoms with Crippen LogP contribution in [-0.4, -0.2) is 16.2 Å². The molecular weight excluding hydrogens is 285 g/mol. The summed E-state index contributed by atoms with van der Waals surface area (Å²) in [6.45, 7) is 2.02.